The van der Waals surface area contributed by atoms with E-state index in [4.69, 9.17) is 5.11 Å². The van der Waals surface area contributed by atoms with Crippen LogP contribution in [0.15, 0.2) is 24.3 Å². The molecule has 2 N–H and O–H groups in total. The van der Waals surface area contributed by atoms with Crippen molar-refractivity contribution < 1.29 is 9.50 Å². The number of aliphatic hydroxyl groups is 1. The zero-order chi connectivity index (χ0) is 13.5. The van der Waals surface area contributed by atoms with Crippen molar-refractivity contribution in [3.8, 4) is 0 Å². The Morgan fingerprint density at radius 2 is 1.94 bits per heavy atom. The number of halogens is 1. The molecule has 102 valence electrons. The monoisotopic (exact) mass is 253 g/mol. The molecular weight excluding hydrogens is 229 g/mol. The van der Waals surface area contributed by atoms with Crippen LogP contribution in [0.1, 0.15) is 45.2 Å². The van der Waals surface area contributed by atoms with Crippen LogP contribution in [0.4, 0.5) is 4.39 Å². The minimum atomic E-state index is -0.164. The Kier molecular flexibility index (Phi) is 6.30. The standard InChI is InChI=1S/C15H24FNO/c1-4-14(12-7-5-6-8-13(12)16)17-15(9-10-18)11(2)3/h5-8,11,14-15,17-18H,4,9-10H2,1-3H3. The van der Waals surface area contributed by atoms with Crippen LogP contribution in [0.2, 0.25) is 0 Å². The lowest BCUT2D eigenvalue weighted by Crippen LogP contribution is -2.37. The average Bonchev–Trinajstić information content (AvgIpc) is 2.35. The molecule has 2 nitrogen and oxygen atoms in total. The summed E-state index contributed by atoms with van der Waals surface area (Å²) in [6.07, 6.45) is 1.53. The van der Waals surface area contributed by atoms with Crippen LogP contribution in [0, 0.1) is 11.7 Å². The molecular formula is C15H24FNO. The summed E-state index contributed by atoms with van der Waals surface area (Å²) < 4.78 is 13.8. The first-order valence-corrected chi connectivity index (χ1v) is 6.71. The normalized spacial score (nSPS) is 14.8. The number of benzene rings is 1. The van der Waals surface area contributed by atoms with E-state index in [1.165, 1.54) is 6.07 Å². The molecule has 1 aromatic rings. The van der Waals surface area contributed by atoms with Gasteiger partial charge in [-0.1, -0.05) is 39.0 Å². The molecule has 3 heteroatoms. The number of hydrogen-bond donors (Lipinski definition) is 2. The smallest absolute Gasteiger partial charge is 0.127 e. The molecule has 1 rings (SSSR count). The van der Waals surface area contributed by atoms with Crippen molar-refractivity contribution in [2.24, 2.45) is 5.92 Å². The summed E-state index contributed by atoms with van der Waals surface area (Å²) in [5.74, 6) is 0.251. The molecule has 0 fully saturated rings. The highest BCUT2D eigenvalue weighted by Gasteiger charge is 2.19. The summed E-state index contributed by atoms with van der Waals surface area (Å²) in [6, 6.07) is 7.10. The molecule has 0 heterocycles. The maximum absolute atomic E-state index is 13.8. The SMILES string of the molecule is CCC(NC(CCO)C(C)C)c1ccccc1F. The Morgan fingerprint density at radius 3 is 2.44 bits per heavy atom. The minimum absolute atomic E-state index is 0.00477. The summed E-state index contributed by atoms with van der Waals surface area (Å²) in [6.45, 7) is 6.42. The van der Waals surface area contributed by atoms with Gasteiger partial charge in [-0.25, -0.2) is 4.39 Å². The molecule has 18 heavy (non-hydrogen) atoms. The predicted molar refractivity (Wildman–Crippen MR) is 72.9 cm³/mol. The molecule has 0 aliphatic rings. The topological polar surface area (TPSA) is 32.3 Å². The maximum Gasteiger partial charge on any atom is 0.127 e. The summed E-state index contributed by atoms with van der Waals surface area (Å²) >= 11 is 0. The van der Waals surface area contributed by atoms with Crippen molar-refractivity contribution in [1.82, 2.24) is 5.32 Å². The highest BCUT2D eigenvalue weighted by Crippen LogP contribution is 2.22. The van der Waals surface area contributed by atoms with E-state index >= 15 is 0 Å². The molecule has 2 atom stereocenters. The summed E-state index contributed by atoms with van der Waals surface area (Å²) in [5, 5.41) is 12.5. The van der Waals surface area contributed by atoms with Crippen LogP contribution in [0.3, 0.4) is 0 Å². The lowest BCUT2D eigenvalue weighted by atomic mass is 9.97. The van der Waals surface area contributed by atoms with Crippen LogP contribution < -0.4 is 5.32 Å². The largest absolute Gasteiger partial charge is 0.396 e. The van der Waals surface area contributed by atoms with Gasteiger partial charge in [-0.05, 0) is 24.8 Å². The number of hydrogen-bond acceptors (Lipinski definition) is 2. The Hall–Kier alpha value is -0.930. The predicted octanol–water partition coefficient (Wildman–Crippen LogP) is 3.27. The van der Waals surface area contributed by atoms with Crippen LogP contribution in [0.25, 0.3) is 0 Å². The second-order valence-corrected chi connectivity index (χ2v) is 5.01. The van der Waals surface area contributed by atoms with E-state index in [0.717, 1.165) is 6.42 Å². The molecule has 0 aliphatic carbocycles. The van der Waals surface area contributed by atoms with E-state index in [1.54, 1.807) is 6.07 Å². The Balaban J connectivity index is 2.80. The second-order valence-electron chi connectivity index (χ2n) is 5.01. The molecule has 1 aromatic carbocycles. The first-order chi connectivity index (χ1) is 8.60. The van der Waals surface area contributed by atoms with Gasteiger partial charge >= 0.3 is 0 Å². The van der Waals surface area contributed by atoms with Crippen molar-refractivity contribution in [2.45, 2.75) is 45.7 Å². The zero-order valence-corrected chi connectivity index (χ0v) is 11.5. The molecule has 0 saturated carbocycles. The fourth-order valence-corrected chi connectivity index (χ4v) is 2.19. The van der Waals surface area contributed by atoms with Gasteiger partial charge < -0.3 is 10.4 Å². The Morgan fingerprint density at radius 1 is 1.28 bits per heavy atom. The fourth-order valence-electron chi connectivity index (χ4n) is 2.19. The summed E-state index contributed by atoms with van der Waals surface area (Å²) in [4.78, 5) is 0. The van der Waals surface area contributed by atoms with E-state index in [9.17, 15) is 4.39 Å². The molecule has 0 saturated heterocycles. The highest BCUT2D eigenvalue weighted by atomic mass is 19.1. The van der Waals surface area contributed by atoms with Gasteiger partial charge in [0.15, 0.2) is 0 Å². The lowest BCUT2D eigenvalue weighted by molar-refractivity contribution is 0.233. The van der Waals surface area contributed by atoms with Gasteiger partial charge in [0.05, 0.1) is 0 Å². The Labute approximate surface area is 109 Å². The maximum atomic E-state index is 13.8. The van der Waals surface area contributed by atoms with Crippen LogP contribution in [0.5, 0.6) is 0 Å². The average molecular weight is 253 g/mol. The summed E-state index contributed by atoms with van der Waals surface area (Å²) in [5.41, 5.74) is 0.712. The zero-order valence-electron chi connectivity index (χ0n) is 11.5. The third kappa shape index (κ3) is 4.07. The van der Waals surface area contributed by atoms with Crippen molar-refractivity contribution in [2.75, 3.05) is 6.61 Å². The van der Waals surface area contributed by atoms with Crippen LogP contribution >= 0.6 is 0 Å². The van der Waals surface area contributed by atoms with Gasteiger partial charge in [0, 0.05) is 24.3 Å². The van der Waals surface area contributed by atoms with Gasteiger partial charge in [0.2, 0.25) is 0 Å². The van der Waals surface area contributed by atoms with E-state index in [1.807, 2.05) is 19.1 Å². The second kappa shape index (κ2) is 7.49. The van der Waals surface area contributed by atoms with E-state index in [0.29, 0.717) is 17.9 Å². The third-order valence-corrected chi connectivity index (χ3v) is 3.35. The highest BCUT2D eigenvalue weighted by molar-refractivity contribution is 5.21. The number of rotatable bonds is 7. The van der Waals surface area contributed by atoms with Gasteiger partial charge in [-0.15, -0.1) is 0 Å². The van der Waals surface area contributed by atoms with Gasteiger partial charge in [0.1, 0.15) is 5.82 Å². The number of aliphatic hydroxyl groups excluding tert-OH is 1. The molecule has 0 amide bonds. The minimum Gasteiger partial charge on any atom is -0.396 e. The van der Waals surface area contributed by atoms with Gasteiger partial charge in [-0.3, -0.25) is 0 Å². The molecule has 0 aromatic heterocycles. The van der Waals surface area contributed by atoms with Crippen molar-refractivity contribution in [3.05, 3.63) is 35.6 Å². The van der Waals surface area contributed by atoms with Crippen LogP contribution in [-0.2, 0) is 0 Å². The Bertz CT molecular complexity index is 354. The quantitative estimate of drug-likeness (QED) is 0.781. The molecule has 0 spiro atoms. The lowest BCUT2D eigenvalue weighted by Gasteiger charge is -2.28. The summed E-state index contributed by atoms with van der Waals surface area (Å²) in [7, 11) is 0. The molecule has 0 aliphatic heterocycles. The van der Waals surface area contributed by atoms with Crippen molar-refractivity contribution in [1.29, 1.82) is 0 Å². The van der Waals surface area contributed by atoms with E-state index in [2.05, 4.69) is 19.2 Å². The van der Waals surface area contributed by atoms with Crippen LogP contribution in [-0.4, -0.2) is 17.8 Å². The van der Waals surface area contributed by atoms with Crippen molar-refractivity contribution in [3.63, 3.8) is 0 Å². The molecule has 0 bridgehead atoms. The van der Waals surface area contributed by atoms with Crippen molar-refractivity contribution >= 4 is 0 Å². The molecule has 2 unspecified atom stereocenters. The van der Waals surface area contributed by atoms with Gasteiger partial charge in [0.25, 0.3) is 0 Å². The number of nitrogens with one attached hydrogen (secondary N) is 1. The van der Waals surface area contributed by atoms with Gasteiger partial charge in [-0.2, -0.15) is 0 Å². The first kappa shape index (κ1) is 15.1. The first-order valence-electron chi connectivity index (χ1n) is 6.71. The third-order valence-electron chi connectivity index (χ3n) is 3.35. The fraction of sp³-hybridized carbons (Fsp3) is 0.600. The van der Waals surface area contributed by atoms with E-state index < -0.39 is 0 Å². The molecule has 0 radical (unpaired) electrons. The van der Waals surface area contributed by atoms with E-state index in [-0.39, 0.29) is 24.5 Å².